The minimum Gasteiger partial charge on any atom is -0.389 e. The third-order valence-electron chi connectivity index (χ3n) is 4.85. The van der Waals surface area contributed by atoms with Gasteiger partial charge in [-0.2, -0.15) is 0 Å². The zero-order chi connectivity index (χ0) is 11.1. The molecular formula is C15H20O. The Morgan fingerprint density at radius 3 is 2.25 bits per heavy atom. The van der Waals surface area contributed by atoms with Gasteiger partial charge in [-0.3, -0.25) is 0 Å². The van der Waals surface area contributed by atoms with Gasteiger partial charge in [0.05, 0.1) is 5.60 Å². The molecule has 2 saturated carbocycles. The summed E-state index contributed by atoms with van der Waals surface area (Å²) in [6.07, 6.45) is 8.01. The van der Waals surface area contributed by atoms with Gasteiger partial charge >= 0.3 is 0 Å². The summed E-state index contributed by atoms with van der Waals surface area (Å²) in [7, 11) is 0. The lowest BCUT2D eigenvalue weighted by atomic mass is 9.61. The zero-order valence-electron chi connectivity index (χ0n) is 9.78. The van der Waals surface area contributed by atoms with Gasteiger partial charge in [-0.15, -0.1) is 0 Å². The van der Waals surface area contributed by atoms with E-state index >= 15 is 0 Å². The maximum Gasteiger partial charge on any atom is 0.0743 e. The number of aliphatic hydroxyl groups is 1. The Hall–Kier alpha value is -0.820. The fourth-order valence-electron chi connectivity index (χ4n) is 4.04. The molecule has 16 heavy (non-hydrogen) atoms. The van der Waals surface area contributed by atoms with E-state index < -0.39 is 5.60 Å². The monoisotopic (exact) mass is 216 g/mol. The summed E-state index contributed by atoms with van der Waals surface area (Å²) in [5.74, 6) is 0. The van der Waals surface area contributed by atoms with Crippen LogP contribution in [0.4, 0.5) is 0 Å². The van der Waals surface area contributed by atoms with Crippen LogP contribution in [0, 0.1) is 0 Å². The third-order valence-corrected chi connectivity index (χ3v) is 4.85. The van der Waals surface area contributed by atoms with Crippen molar-refractivity contribution in [2.75, 3.05) is 0 Å². The van der Waals surface area contributed by atoms with Crippen molar-refractivity contribution >= 4 is 0 Å². The number of rotatable bonds is 1. The zero-order valence-corrected chi connectivity index (χ0v) is 9.78. The molecule has 0 aromatic heterocycles. The molecule has 0 heterocycles. The van der Waals surface area contributed by atoms with Gasteiger partial charge in [0.15, 0.2) is 0 Å². The second kappa shape index (κ2) is 3.59. The van der Waals surface area contributed by atoms with Crippen molar-refractivity contribution in [3.63, 3.8) is 0 Å². The lowest BCUT2D eigenvalue weighted by Crippen LogP contribution is -2.49. The van der Waals surface area contributed by atoms with E-state index in [1.165, 1.54) is 37.7 Å². The average Bonchev–Trinajstić information content (AvgIpc) is 2.68. The van der Waals surface area contributed by atoms with Gasteiger partial charge in [0.25, 0.3) is 0 Å². The Morgan fingerprint density at radius 1 is 0.812 bits per heavy atom. The topological polar surface area (TPSA) is 20.2 Å². The largest absolute Gasteiger partial charge is 0.389 e. The molecule has 1 nitrogen and oxygen atoms in total. The third kappa shape index (κ3) is 1.27. The van der Waals surface area contributed by atoms with Crippen molar-refractivity contribution in [2.45, 2.75) is 56.0 Å². The second-order valence-electron chi connectivity index (χ2n) is 5.54. The molecule has 2 aliphatic rings. The first kappa shape index (κ1) is 10.3. The van der Waals surface area contributed by atoms with Gasteiger partial charge in [-0.05, 0) is 37.7 Å². The quantitative estimate of drug-likeness (QED) is 0.762. The molecule has 1 aromatic rings. The van der Waals surface area contributed by atoms with Crippen molar-refractivity contribution in [3.05, 3.63) is 35.9 Å². The number of hydrogen-bond donors (Lipinski definition) is 1. The molecule has 0 spiro atoms. The lowest BCUT2D eigenvalue weighted by molar-refractivity contribution is -0.0490. The highest BCUT2D eigenvalue weighted by Crippen LogP contribution is 2.56. The predicted molar refractivity (Wildman–Crippen MR) is 65.4 cm³/mol. The number of fused-ring (bicyclic) bond motifs is 1. The Bertz CT molecular complexity index is 372. The number of benzene rings is 1. The molecule has 1 heteroatoms. The fourth-order valence-corrected chi connectivity index (χ4v) is 4.04. The first-order valence-corrected chi connectivity index (χ1v) is 6.55. The van der Waals surface area contributed by atoms with Crippen molar-refractivity contribution in [1.82, 2.24) is 0 Å². The van der Waals surface area contributed by atoms with Crippen molar-refractivity contribution in [3.8, 4) is 0 Å². The summed E-state index contributed by atoms with van der Waals surface area (Å²) in [6.45, 7) is 0. The van der Waals surface area contributed by atoms with Gasteiger partial charge in [0.1, 0.15) is 0 Å². The minimum atomic E-state index is -0.410. The van der Waals surface area contributed by atoms with E-state index in [0.717, 1.165) is 12.8 Å². The Kier molecular flexibility index (Phi) is 2.32. The summed E-state index contributed by atoms with van der Waals surface area (Å²) in [5, 5.41) is 10.9. The maximum atomic E-state index is 10.9. The summed E-state index contributed by atoms with van der Waals surface area (Å²) in [5.41, 5.74) is 1.04. The maximum absolute atomic E-state index is 10.9. The molecule has 0 bridgehead atoms. The van der Waals surface area contributed by atoms with Crippen LogP contribution in [-0.4, -0.2) is 10.7 Å². The van der Waals surface area contributed by atoms with Gasteiger partial charge in [0, 0.05) is 5.41 Å². The molecule has 1 aromatic carbocycles. The Balaban J connectivity index is 2.07. The molecule has 0 unspecified atom stereocenters. The molecule has 1 N–H and O–H groups in total. The molecular weight excluding hydrogens is 196 g/mol. The van der Waals surface area contributed by atoms with Gasteiger partial charge in [0.2, 0.25) is 0 Å². The molecule has 0 amide bonds. The smallest absolute Gasteiger partial charge is 0.0743 e. The molecule has 2 fully saturated rings. The minimum absolute atomic E-state index is 0.0759. The molecule has 3 rings (SSSR count). The molecule has 2 aliphatic carbocycles. The summed E-state index contributed by atoms with van der Waals surface area (Å²) in [6, 6.07) is 10.7. The lowest BCUT2D eigenvalue weighted by Gasteiger charge is -2.46. The first-order chi connectivity index (χ1) is 7.77. The van der Waals surface area contributed by atoms with Crippen LogP contribution in [0.2, 0.25) is 0 Å². The molecule has 0 radical (unpaired) electrons. The van der Waals surface area contributed by atoms with E-state index in [0.29, 0.717) is 0 Å². The van der Waals surface area contributed by atoms with E-state index in [4.69, 9.17) is 0 Å². The van der Waals surface area contributed by atoms with Gasteiger partial charge in [-0.25, -0.2) is 0 Å². The normalized spacial score (nSPS) is 38.3. The van der Waals surface area contributed by atoms with Crippen LogP contribution in [0.5, 0.6) is 0 Å². The van der Waals surface area contributed by atoms with Crippen LogP contribution in [0.15, 0.2) is 30.3 Å². The average molecular weight is 216 g/mol. The first-order valence-electron chi connectivity index (χ1n) is 6.55. The van der Waals surface area contributed by atoms with Crippen molar-refractivity contribution < 1.29 is 5.11 Å². The molecule has 0 saturated heterocycles. The highest BCUT2D eigenvalue weighted by molar-refractivity contribution is 5.32. The summed E-state index contributed by atoms with van der Waals surface area (Å²) in [4.78, 5) is 0. The van der Waals surface area contributed by atoms with Crippen LogP contribution in [0.25, 0.3) is 0 Å². The Labute approximate surface area is 97.5 Å². The molecule has 0 aliphatic heterocycles. The Morgan fingerprint density at radius 2 is 1.44 bits per heavy atom. The number of hydrogen-bond acceptors (Lipinski definition) is 1. The van der Waals surface area contributed by atoms with E-state index in [1.54, 1.807) is 0 Å². The second-order valence-corrected chi connectivity index (χ2v) is 5.54. The van der Waals surface area contributed by atoms with Crippen molar-refractivity contribution in [2.24, 2.45) is 0 Å². The fraction of sp³-hybridized carbons (Fsp3) is 0.600. The van der Waals surface area contributed by atoms with E-state index in [9.17, 15) is 5.11 Å². The highest BCUT2D eigenvalue weighted by atomic mass is 16.3. The van der Waals surface area contributed by atoms with Gasteiger partial charge < -0.3 is 5.11 Å². The van der Waals surface area contributed by atoms with Crippen molar-refractivity contribution in [1.29, 1.82) is 0 Å². The SMILES string of the molecule is O[C@]12CCCC[C@@]1(c1ccccc1)CCC2. The van der Waals surface area contributed by atoms with Crippen LogP contribution in [-0.2, 0) is 5.41 Å². The summed E-state index contributed by atoms with van der Waals surface area (Å²) >= 11 is 0. The van der Waals surface area contributed by atoms with E-state index in [-0.39, 0.29) is 5.41 Å². The standard InChI is InChI=1S/C15H20O/c16-15-11-5-4-9-14(15,10-6-12-15)13-7-2-1-3-8-13/h1-3,7-8,16H,4-6,9-12H2/t14-,15-/m0/s1. The highest BCUT2D eigenvalue weighted by Gasteiger charge is 2.55. The van der Waals surface area contributed by atoms with Crippen LogP contribution in [0.1, 0.15) is 50.5 Å². The molecule has 86 valence electrons. The van der Waals surface area contributed by atoms with E-state index in [2.05, 4.69) is 30.3 Å². The predicted octanol–water partition coefficient (Wildman–Crippen LogP) is 3.41. The van der Waals surface area contributed by atoms with E-state index in [1.807, 2.05) is 0 Å². The van der Waals surface area contributed by atoms with Crippen LogP contribution < -0.4 is 0 Å². The van der Waals surface area contributed by atoms with Crippen LogP contribution in [0.3, 0.4) is 0 Å². The summed E-state index contributed by atoms with van der Waals surface area (Å²) < 4.78 is 0. The van der Waals surface area contributed by atoms with Crippen LogP contribution >= 0.6 is 0 Å². The molecule has 2 atom stereocenters. The van der Waals surface area contributed by atoms with Gasteiger partial charge in [-0.1, -0.05) is 43.2 Å².